The number of hydrogen-bond donors (Lipinski definition) is 0. The number of rotatable bonds is 5. The van der Waals surface area contributed by atoms with E-state index in [0.29, 0.717) is 6.61 Å². The van der Waals surface area contributed by atoms with Gasteiger partial charge in [0, 0.05) is 5.02 Å². The lowest BCUT2D eigenvalue weighted by molar-refractivity contribution is -0.121. The summed E-state index contributed by atoms with van der Waals surface area (Å²) in [6, 6.07) is 7.63. The van der Waals surface area contributed by atoms with Crippen LogP contribution in [0.15, 0.2) is 24.3 Å². The average Bonchev–Trinajstić information content (AvgIpc) is 2.12. The van der Waals surface area contributed by atoms with Gasteiger partial charge in [0.25, 0.3) is 0 Å². The SMILES string of the molecule is CC(=O)COCCc1cccc(Cl)c1. The zero-order valence-corrected chi connectivity index (χ0v) is 8.88. The molecule has 0 amide bonds. The molecule has 0 aliphatic carbocycles. The minimum atomic E-state index is 0.0519. The molecule has 1 aromatic rings. The van der Waals surface area contributed by atoms with Crippen molar-refractivity contribution in [3.05, 3.63) is 34.9 Å². The Kier molecular flexibility index (Phi) is 4.63. The normalized spacial score (nSPS) is 10.1. The fourth-order valence-electron chi connectivity index (χ4n) is 1.10. The molecule has 0 N–H and O–H groups in total. The molecule has 0 spiro atoms. The summed E-state index contributed by atoms with van der Waals surface area (Å²) in [5, 5.41) is 0.731. The van der Waals surface area contributed by atoms with Crippen molar-refractivity contribution in [2.75, 3.05) is 13.2 Å². The van der Waals surface area contributed by atoms with Gasteiger partial charge < -0.3 is 4.74 Å². The summed E-state index contributed by atoms with van der Waals surface area (Å²) in [5.41, 5.74) is 1.13. The van der Waals surface area contributed by atoms with Gasteiger partial charge in [0.1, 0.15) is 6.61 Å². The van der Waals surface area contributed by atoms with Crippen LogP contribution in [0.25, 0.3) is 0 Å². The van der Waals surface area contributed by atoms with Gasteiger partial charge in [0.05, 0.1) is 6.61 Å². The molecule has 0 bridgehead atoms. The maximum Gasteiger partial charge on any atom is 0.155 e. The summed E-state index contributed by atoms with van der Waals surface area (Å²) in [4.78, 5) is 10.6. The number of ether oxygens (including phenoxy) is 1. The highest BCUT2D eigenvalue weighted by Crippen LogP contribution is 2.10. The van der Waals surface area contributed by atoms with Crippen molar-refractivity contribution in [3.63, 3.8) is 0 Å². The highest BCUT2D eigenvalue weighted by Gasteiger charge is 1.96. The van der Waals surface area contributed by atoms with Crippen LogP contribution in [0, 0.1) is 0 Å². The number of Topliss-reactive ketones (excluding diaryl/α,β-unsaturated/α-hetero) is 1. The summed E-state index contributed by atoms with van der Waals surface area (Å²) in [7, 11) is 0. The lowest BCUT2D eigenvalue weighted by atomic mass is 10.2. The minimum Gasteiger partial charge on any atom is -0.373 e. The second kappa shape index (κ2) is 5.78. The molecule has 0 aromatic heterocycles. The number of ketones is 1. The van der Waals surface area contributed by atoms with E-state index in [-0.39, 0.29) is 12.4 Å². The molecular formula is C11H13ClO2. The zero-order chi connectivity index (χ0) is 10.4. The molecule has 14 heavy (non-hydrogen) atoms. The van der Waals surface area contributed by atoms with Gasteiger partial charge in [-0.05, 0) is 31.0 Å². The Hall–Kier alpha value is -0.860. The van der Waals surface area contributed by atoms with E-state index in [1.54, 1.807) is 0 Å². The third-order valence-electron chi connectivity index (χ3n) is 1.73. The van der Waals surface area contributed by atoms with Crippen LogP contribution >= 0.6 is 11.6 Å². The predicted octanol–water partition coefficient (Wildman–Crippen LogP) is 2.49. The van der Waals surface area contributed by atoms with Crippen molar-refractivity contribution >= 4 is 17.4 Å². The van der Waals surface area contributed by atoms with Gasteiger partial charge in [0.2, 0.25) is 0 Å². The molecule has 0 saturated heterocycles. The zero-order valence-electron chi connectivity index (χ0n) is 8.13. The van der Waals surface area contributed by atoms with Crippen molar-refractivity contribution in [1.29, 1.82) is 0 Å². The van der Waals surface area contributed by atoms with Crippen molar-refractivity contribution in [2.24, 2.45) is 0 Å². The van der Waals surface area contributed by atoms with E-state index in [9.17, 15) is 4.79 Å². The Labute approximate surface area is 88.8 Å². The summed E-state index contributed by atoms with van der Waals surface area (Å²) in [6.07, 6.45) is 0.786. The Bertz CT molecular complexity index is 310. The lowest BCUT2D eigenvalue weighted by Gasteiger charge is -2.02. The first-order valence-electron chi connectivity index (χ1n) is 4.50. The van der Waals surface area contributed by atoms with E-state index in [1.807, 2.05) is 24.3 Å². The van der Waals surface area contributed by atoms with Crippen LogP contribution in [0.5, 0.6) is 0 Å². The summed E-state index contributed by atoms with van der Waals surface area (Å²) in [5.74, 6) is 0.0519. The number of halogens is 1. The Morgan fingerprint density at radius 2 is 2.29 bits per heavy atom. The monoisotopic (exact) mass is 212 g/mol. The van der Waals surface area contributed by atoms with Crippen LogP contribution in [0.4, 0.5) is 0 Å². The van der Waals surface area contributed by atoms with Crippen LogP contribution in [0.3, 0.4) is 0 Å². The second-order valence-corrected chi connectivity index (χ2v) is 3.57. The molecule has 0 heterocycles. The smallest absolute Gasteiger partial charge is 0.155 e. The number of carbonyl (C=O) groups excluding carboxylic acids is 1. The maximum atomic E-state index is 10.6. The highest BCUT2D eigenvalue weighted by atomic mass is 35.5. The molecular weight excluding hydrogens is 200 g/mol. The van der Waals surface area contributed by atoms with Crippen molar-refractivity contribution in [1.82, 2.24) is 0 Å². The number of benzene rings is 1. The number of carbonyl (C=O) groups is 1. The van der Waals surface area contributed by atoms with Gasteiger partial charge in [0.15, 0.2) is 5.78 Å². The largest absolute Gasteiger partial charge is 0.373 e. The predicted molar refractivity (Wildman–Crippen MR) is 56.7 cm³/mol. The molecule has 3 heteroatoms. The second-order valence-electron chi connectivity index (χ2n) is 3.13. The van der Waals surface area contributed by atoms with Gasteiger partial charge in [-0.1, -0.05) is 23.7 Å². The summed E-state index contributed by atoms with van der Waals surface area (Å²) < 4.78 is 5.15. The van der Waals surface area contributed by atoms with Gasteiger partial charge >= 0.3 is 0 Å². The molecule has 76 valence electrons. The van der Waals surface area contributed by atoms with E-state index in [1.165, 1.54) is 6.92 Å². The van der Waals surface area contributed by atoms with E-state index in [2.05, 4.69) is 0 Å². The Balaban J connectivity index is 2.28. The van der Waals surface area contributed by atoms with E-state index >= 15 is 0 Å². The first-order valence-corrected chi connectivity index (χ1v) is 4.88. The molecule has 1 rings (SSSR count). The molecule has 0 aliphatic heterocycles. The van der Waals surface area contributed by atoms with E-state index in [4.69, 9.17) is 16.3 Å². The summed E-state index contributed by atoms with van der Waals surface area (Å²) >= 11 is 5.81. The number of hydrogen-bond acceptors (Lipinski definition) is 2. The molecule has 0 saturated carbocycles. The molecule has 1 aromatic carbocycles. The molecule has 0 aliphatic rings. The van der Waals surface area contributed by atoms with Crippen LogP contribution in [0.2, 0.25) is 5.02 Å². The fraction of sp³-hybridized carbons (Fsp3) is 0.364. The quantitative estimate of drug-likeness (QED) is 0.701. The lowest BCUT2D eigenvalue weighted by Crippen LogP contribution is -2.06. The Morgan fingerprint density at radius 3 is 2.93 bits per heavy atom. The molecule has 0 atom stereocenters. The minimum absolute atomic E-state index is 0.0519. The van der Waals surface area contributed by atoms with E-state index < -0.39 is 0 Å². The van der Waals surface area contributed by atoms with Gasteiger partial charge in [-0.2, -0.15) is 0 Å². The molecule has 2 nitrogen and oxygen atoms in total. The first kappa shape index (κ1) is 11.2. The summed E-state index contributed by atoms with van der Waals surface area (Å²) in [6.45, 7) is 2.26. The Morgan fingerprint density at radius 1 is 1.50 bits per heavy atom. The average molecular weight is 213 g/mol. The van der Waals surface area contributed by atoms with Gasteiger partial charge in [-0.3, -0.25) is 4.79 Å². The third-order valence-corrected chi connectivity index (χ3v) is 1.96. The van der Waals surface area contributed by atoms with Crippen molar-refractivity contribution in [2.45, 2.75) is 13.3 Å². The fourth-order valence-corrected chi connectivity index (χ4v) is 1.31. The van der Waals surface area contributed by atoms with Crippen molar-refractivity contribution in [3.8, 4) is 0 Å². The molecule has 0 unspecified atom stereocenters. The van der Waals surface area contributed by atoms with Crippen LogP contribution in [0.1, 0.15) is 12.5 Å². The van der Waals surface area contributed by atoms with E-state index in [0.717, 1.165) is 17.0 Å². The van der Waals surface area contributed by atoms with Gasteiger partial charge in [-0.15, -0.1) is 0 Å². The van der Waals surface area contributed by atoms with Crippen LogP contribution < -0.4 is 0 Å². The third kappa shape index (κ3) is 4.40. The maximum absolute atomic E-state index is 10.6. The molecule has 0 fully saturated rings. The van der Waals surface area contributed by atoms with Crippen LogP contribution in [-0.4, -0.2) is 19.0 Å². The first-order chi connectivity index (χ1) is 6.68. The van der Waals surface area contributed by atoms with Gasteiger partial charge in [-0.25, -0.2) is 0 Å². The topological polar surface area (TPSA) is 26.3 Å². The highest BCUT2D eigenvalue weighted by molar-refractivity contribution is 6.30. The van der Waals surface area contributed by atoms with Crippen LogP contribution in [-0.2, 0) is 16.0 Å². The standard InChI is InChI=1S/C11H13ClO2/c1-9(13)8-14-6-5-10-3-2-4-11(12)7-10/h2-4,7H,5-6,8H2,1H3. The molecule has 0 radical (unpaired) electrons. The van der Waals surface area contributed by atoms with Crippen molar-refractivity contribution < 1.29 is 9.53 Å².